The molecule has 3 aromatic carbocycles. The van der Waals surface area contributed by atoms with E-state index in [9.17, 15) is 4.79 Å². The standard InChI is InChI=1S/C22H19ClN4OS/c1-2-27-21(18-9-5-6-10-19(18)23)25-26-22(27)29-14-20(28)24-17-12-11-15-7-3-4-8-16(15)13-17/h3-13H,2,14H2,1H3,(H,24,28). The van der Waals surface area contributed by atoms with Gasteiger partial charge >= 0.3 is 0 Å². The normalized spacial score (nSPS) is 11.0. The monoisotopic (exact) mass is 422 g/mol. The van der Waals surface area contributed by atoms with E-state index in [0.29, 0.717) is 22.5 Å². The fourth-order valence-electron chi connectivity index (χ4n) is 3.12. The molecule has 0 atom stereocenters. The molecule has 1 amide bonds. The molecule has 146 valence electrons. The summed E-state index contributed by atoms with van der Waals surface area (Å²) in [7, 11) is 0. The minimum Gasteiger partial charge on any atom is -0.325 e. The lowest BCUT2D eigenvalue weighted by molar-refractivity contribution is -0.113. The highest BCUT2D eigenvalue weighted by Gasteiger charge is 2.16. The van der Waals surface area contributed by atoms with Crippen LogP contribution in [0.25, 0.3) is 22.2 Å². The topological polar surface area (TPSA) is 59.8 Å². The van der Waals surface area contributed by atoms with E-state index < -0.39 is 0 Å². The van der Waals surface area contributed by atoms with Crippen LogP contribution < -0.4 is 5.32 Å². The lowest BCUT2D eigenvalue weighted by Gasteiger charge is -2.09. The van der Waals surface area contributed by atoms with Crippen LogP contribution in [0, 0.1) is 0 Å². The number of thioether (sulfide) groups is 1. The van der Waals surface area contributed by atoms with Gasteiger partial charge in [0, 0.05) is 17.8 Å². The first-order valence-electron chi connectivity index (χ1n) is 9.25. The zero-order valence-corrected chi connectivity index (χ0v) is 17.4. The number of amides is 1. The number of hydrogen-bond donors (Lipinski definition) is 1. The smallest absolute Gasteiger partial charge is 0.234 e. The maximum atomic E-state index is 12.4. The Morgan fingerprint density at radius 1 is 1.03 bits per heavy atom. The number of fused-ring (bicyclic) bond motifs is 1. The Labute approximate surface area is 178 Å². The van der Waals surface area contributed by atoms with E-state index >= 15 is 0 Å². The Balaban J connectivity index is 1.46. The summed E-state index contributed by atoms with van der Waals surface area (Å²) < 4.78 is 1.97. The molecule has 4 aromatic rings. The predicted molar refractivity (Wildman–Crippen MR) is 119 cm³/mol. The second-order valence-corrected chi connectivity index (χ2v) is 7.78. The summed E-state index contributed by atoms with van der Waals surface area (Å²) in [5, 5.41) is 15.1. The van der Waals surface area contributed by atoms with Crippen molar-refractivity contribution >= 4 is 45.7 Å². The molecule has 1 heterocycles. The van der Waals surface area contributed by atoms with E-state index in [1.165, 1.54) is 11.8 Å². The lowest BCUT2D eigenvalue weighted by atomic mass is 10.1. The Morgan fingerprint density at radius 2 is 1.79 bits per heavy atom. The second-order valence-electron chi connectivity index (χ2n) is 6.43. The number of benzene rings is 3. The largest absolute Gasteiger partial charge is 0.325 e. The van der Waals surface area contributed by atoms with Crippen molar-refractivity contribution in [2.24, 2.45) is 0 Å². The van der Waals surface area contributed by atoms with Gasteiger partial charge in [-0.25, -0.2) is 0 Å². The molecular weight excluding hydrogens is 404 g/mol. The van der Waals surface area contributed by atoms with Crippen molar-refractivity contribution in [1.82, 2.24) is 14.8 Å². The van der Waals surface area contributed by atoms with Crippen molar-refractivity contribution in [2.75, 3.05) is 11.1 Å². The third-order valence-corrected chi connectivity index (χ3v) is 5.81. The maximum absolute atomic E-state index is 12.4. The van der Waals surface area contributed by atoms with E-state index in [1.807, 2.05) is 78.2 Å². The number of halogens is 1. The van der Waals surface area contributed by atoms with Gasteiger partial charge in [0.05, 0.1) is 10.8 Å². The number of carbonyl (C=O) groups is 1. The first kappa shape index (κ1) is 19.5. The number of anilines is 1. The Hall–Kier alpha value is -2.83. The first-order chi connectivity index (χ1) is 14.2. The Kier molecular flexibility index (Phi) is 5.83. The van der Waals surface area contributed by atoms with Gasteiger partial charge in [0.1, 0.15) is 0 Å². The van der Waals surface area contributed by atoms with E-state index in [4.69, 9.17) is 11.6 Å². The van der Waals surface area contributed by atoms with Gasteiger partial charge in [0.2, 0.25) is 5.91 Å². The number of rotatable bonds is 6. The van der Waals surface area contributed by atoms with Gasteiger partial charge in [-0.2, -0.15) is 0 Å². The van der Waals surface area contributed by atoms with Gasteiger partial charge in [-0.3, -0.25) is 4.79 Å². The van der Waals surface area contributed by atoms with Gasteiger partial charge in [-0.15, -0.1) is 10.2 Å². The molecule has 7 heteroatoms. The SMILES string of the molecule is CCn1c(SCC(=O)Nc2ccc3ccccc3c2)nnc1-c1ccccc1Cl. The minimum atomic E-state index is -0.0878. The summed E-state index contributed by atoms with van der Waals surface area (Å²) in [5.74, 6) is 0.860. The molecule has 0 bridgehead atoms. The van der Waals surface area contributed by atoms with Gasteiger partial charge in [0.15, 0.2) is 11.0 Å². The molecule has 1 N–H and O–H groups in total. The maximum Gasteiger partial charge on any atom is 0.234 e. The van der Waals surface area contributed by atoms with Gasteiger partial charge < -0.3 is 9.88 Å². The average molecular weight is 423 g/mol. The number of aromatic nitrogens is 3. The molecule has 0 aliphatic heterocycles. The number of nitrogens with one attached hydrogen (secondary N) is 1. The summed E-state index contributed by atoms with van der Waals surface area (Å²) in [6.07, 6.45) is 0. The zero-order chi connectivity index (χ0) is 20.2. The number of nitrogens with zero attached hydrogens (tertiary/aromatic N) is 3. The summed E-state index contributed by atoms with van der Waals surface area (Å²) >= 11 is 7.66. The quantitative estimate of drug-likeness (QED) is 0.416. The molecule has 0 radical (unpaired) electrons. The van der Waals surface area contributed by atoms with Crippen molar-refractivity contribution < 1.29 is 4.79 Å². The third-order valence-electron chi connectivity index (χ3n) is 4.51. The molecule has 0 unspecified atom stereocenters. The van der Waals surface area contributed by atoms with Crippen LogP contribution in [0.15, 0.2) is 71.9 Å². The van der Waals surface area contributed by atoms with E-state index in [0.717, 1.165) is 22.0 Å². The Morgan fingerprint density at radius 3 is 2.59 bits per heavy atom. The van der Waals surface area contributed by atoms with Crippen LogP contribution in [0.5, 0.6) is 0 Å². The summed E-state index contributed by atoms with van der Waals surface area (Å²) in [6, 6.07) is 21.5. The van der Waals surface area contributed by atoms with Crippen LogP contribution >= 0.6 is 23.4 Å². The zero-order valence-electron chi connectivity index (χ0n) is 15.8. The van der Waals surface area contributed by atoms with Crippen molar-refractivity contribution in [1.29, 1.82) is 0 Å². The van der Waals surface area contributed by atoms with Gasteiger partial charge in [-0.05, 0) is 42.0 Å². The summed E-state index contributed by atoms with van der Waals surface area (Å²) in [4.78, 5) is 12.4. The first-order valence-corrected chi connectivity index (χ1v) is 10.6. The third kappa shape index (κ3) is 4.28. The van der Waals surface area contributed by atoms with Gasteiger partial charge in [-0.1, -0.05) is 65.8 Å². The molecule has 29 heavy (non-hydrogen) atoms. The number of carbonyl (C=O) groups excluding carboxylic acids is 1. The highest BCUT2D eigenvalue weighted by molar-refractivity contribution is 7.99. The predicted octanol–water partition coefficient (Wildman–Crippen LogP) is 5.50. The van der Waals surface area contributed by atoms with Crippen LogP contribution in [0.4, 0.5) is 5.69 Å². The number of hydrogen-bond acceptors (Lipinski definition) is 4. The van der Waals surface area contributed by atoms with E-state index in [1.54, 1.807) is 0 Å². The molecule has 4 rings (SSSR count). The second kappa shape index (κ2) is 8.68. The van der Waals surface area contributed by atoms with Crippen molar-refractivity contribution in [3.63, 3.8) is 0 Å². The van der Waals surface area contributed by atoms with Crippen LogP contribution in [0.3, 0.4) is 0 Å². The van der Waals surface area contributed by atoms with E-state index in [2.05, 4.69) is 15.5 Å². The van der Waals surface area contributed by atoms with Crippen LogP contribution in [0.1, 0.15) is 6.92 Å². The summed E-state index contributed by atoms with van der Waals surface area (Å²) in [5.41, 5.74) is 1.61. The van der Waals surface area contributed by atoms with Crippen LogP contribution in [-0.4, -0.2) is 26.4 Å². The Bertz CT molecular complexity index is 1170. The van der Waals surface area contributed by atoms with Crippen LogP contribution in [-0.2, 0) is 11.3 Å². The molecule has 0 saturated heterocycles. The highest BCUT2D eigenvalue weighted by atomic mass is 35.5. The van der Waals surface area contributed by atoms with Crippen molar-refractivity contribution in [3.05, 3.63) is 71.8 Å². The van der Waals surface area contributed by atoms with Gasteiger partial charge in [0.25, 0.3) is 0 Å². The molecular formula is C22H19ClN4OS. The van der Waals surface area contributed by atoms with Crippen LogP contribution in [0.2, 0.25) is 5.02 Å². The molecule has 0 saturated carbocycles. The fourth-order valence-corrected chi connectivity index (χ4v) is 4.14. The molecule has 1 aromatic heterocycles. The lowest BCUT2D eigenvalue weighted by Crippen LogP contribution is -2.14. The van der Waals surface area contributed by atoms with Crippen molar-refractivity contribution in [3.8, 4) is 11.4 Å². The van der Waals surface area contributed by atoms with E-state index in [-0.39, 0.29) is 11.7 Å². The average Bonchev–Trinajstić information content (AvgIpc) is 3.15. The molecule has 5 nitrogen and oxygen atoms in total. The summed E-state index contributed by atoms with van der Waals surface area (Å²) in [6.45, 7) is 2.70. The minimum absolute atomic E-state index is 0.0878. The fraction of sp³-hybridized carbons (Fsp3) is 0.136. The highest BCUT2D eigenvalue weighted by Crippen LogP contribution is 2.29. The molecule has 0 spiro atoms. The molecule has 0 aliphatic carbocycles. The van der Waals surface area contributed by atoms with Crippen molar-refractivity contribution in [2.45, 2.75) is 18.6 Å². The molecule has 0 fully saturated rings. The molecule has 0 aliphatic rings.